The van der Waals surface area contributed by atoms with Gasteiger partial charge in [0.05, 0.1) is 12.4 Å². The minimum atomic E-state index is 0.382. The molecule has 0 aliphatic carbocycles. The Balaban J connectivity index is 1.76. The number of aromatic nitrogens is 1. The van der Waals surface area contributed by atoms with Gasteiger partial charge in [-0.25, -0.2) is 9.47 Å². The molecule has 0 fully saturated rings. The number of aryl methyl sites for hydroxylation is 2. The van der Waals surface area contributed by atoms with Crippen molar-refractivity contribution in [2.24, 2.45) is 0 Å². The highest BCUT2D eigenvalue weighted by atomic mass is 15.3. The van der Waals surface area contributed by atoms with Gasteiger partial charge in [-0.1, -0.05) is 52.8 Å². The van der Waals surface area contributed by atoms with Crippen molar-refractivity contribution in [1.82, 2.24) is 0 Å². The van der Waals surface area contributed by atoms with Gasteiger partial charge in [0, 0.05) is 6.07 Å². The van der Waals surface area contributed by atoms with E-state index in [9.17, 15) is 0 Å². The number of hydrogen-bond acceptors (Lipinski definition) is 1. The van der Waals surface area contributed by atoms with Crippen LogP contribution >= 0.6 is 0 Å². The lowest BCUT2D eigenvalue weighted by molar-refractivity contribution is -0.667. The summed E-state index contributed by atoms with van der Waals surface area (Å²) >= 11 is 0. The molecular formula is C18H18BN2+. The Labute approximate surface area is 126 Å². The number of anilines is 1. The molecule has 0 radical (unpaired) electrons. The third-order valence-electron chi connectivity index (χ3n) is 4.50. The fraction of sp³-hybridized carbons (Fsp3) is 0.167. The molecule has 0 amide bonds. The van der Waals surface area contributed by atoms with Crippen molar-refractivity contribution in [3.8, 4) is 0 Å². The van der Waals surface area contributed by atoms with Crippen molar-refractivity contribution in [3.05, 3.63) is 77.6 Å². The summed E-state index contributed by atoms with van der Waals surface area (Å²) in [6.45, 7) is 5.76. The highest BCUT2D eigenvalue weighted by molar-refractivity contribution is 6.83. The Bertz CT molecular complexity index is 756. The van der Waals surface area contributed by atoms with Gasteiger partial charge in [0.1, 0.15) is 5.70 Å². The predicted molar refractivity (Wildman–Crippen MR) is 87.6 cm³/mol. The van der Waals surface area contributed by atoms with Crippen LogP contribution in [0.5, 0.6) is 0 Å². The molecule has 3 heterocycles. The number of nitrogens with zero attached hydrogens (tertiary/aromatic N) is 2. The van der Waals surface area contributed by atoms with Gasteiger partial charge >= 0.3 is 0 Å². The van der Waals surface area contributed by atoms with Gasteiger partial charge in [-0.3, -0.25) is 0 Å². The monoisotopic (exact) mass is 273 g/mol. The van der Waals surface area contributed by atoms with Crippen LogP contribution in [0.3, 0.4) is 0 Å². The molecule has 3 heteroatoms. The Morgan fingerprint density at radius 3 is 2.67 bits per heavy atom. The van der Waals surface area contributed by atoms with Crippen molar-refractivity contribution in [3.63, 3.8) is 0 Å². The Morgan fingerprint density at radius 2 is 1.86 bits per heavy atom. The van der Waals surface area contributed by atoms with Crippen LogP contribution in [-0.2, 0) is 6.54 Å². The fourth-order valence-electron chi connectivity index (χ4n) is 3.50. The van der Waals surface area contributed by atoms with E-state index in [1.807, 2.05) is 0 Å². The summed E-state index contributed by atoms with van der Waals surface area (Å²) < 4.78 is 2.29. The second kappa shape index (κ2) is 4.62. The molecule has 1 aromatic heterocycles. The summed E-state index contributed by atoms with van der Waals surface area (Å²) in [5, 5.41) is 0. The van der Waals surface area contributed by atoms with Gasteiger partial charge in [0.15, 0.2) is 6.54 Å². The minimum Gasteiger partial charge on any atom is -0.226 e. The topological polar surface area (TPSA) is 7.12 Å². The number of allylic oxidation sites excluding steroid dienone is 1. The Morgan fingerprint density at radius 1 is 1.05 bits per heavy atom. The van der Waals surface area contributed by atoms with Crippen LogP contribution in [0, 0.1) is 13.8 Å². The minimum absolute atomic E-state index is 0.382. The lowest BCUT2D eigenvalue weighted by atomic mass is 9.42. The molecule has 2 nitrogen and oxygen atoms in total. The van der Waals surface area contributed by atoms with E-state index < -0.39 is 0 Å². The maximum atomic E-state index is 2.41. The summed E-state index contributed by atoms with van der Waals surface area (Å²) in [5.41, 5.74) is 5.56. The average molecular weight is 273 g/mol. The molecule has 0 spiro atoms. The number of benzene rings is 1. The van der Waals surface area contributed by atoms with E-state index in [-0.39, 0.29) is 0 Å². The van der Waals surface area contributed by atoms with E-state index in [4.69, 9.17) is 0 Å². The van der Waals surface area contributed by atoms with E-state index >= 15 is 0 Å². The van der Waals surface area contributed by atoms with Crippen LogP contribution < -0.4 is 14.9 Å². The first-order valence-corrected chi connectivity index (χ1v) is 7.47. The molecule has 102 valence electrons. The molecule has 21 heavy (non-hydrogen) atoms. The van der Waals surface area contributed by atoms with Gasteiger partial charge < -0.3 is 0 Å². The summed E-state index contributed by atoms with van der Waals surface area (Å²) in [5.74, 6) is 5.96. The molecule has 0 unspecified atom stereocenters. The smallest absolute Gasteiger partial charge is 0.226 e. The molecule has 2 aliphatic heterocycles. The number of fused-ring (bicyclic) bond motifs is 3. The first-order valence-electron chi connectivity index (χ1n) is 7.47. The maximum absolute atomic E-state index is 2.41. The van der Waals surface area contributed by atoms with Crippen LogP contribution in [0.1, 0.15) is 11.1 Å². The zero-order chi connectivity index (χ0) is 14.4. The predicted octanol–water partition coefficient (Wildman–Crippen LogP) is 2.30. The first-order chi connectivity index (χ1) is 10.2. The van der Waals surface area contributed by atoms with Crippen LogP contribution in [0.25, 0.3) is 0 Å². The summed E-state index contributed by atoms with van der Waals surface area (Å²) in [7, 11) is 0. The summed E-state index contributed by atoms with van der Waals surface area (Å²) in [4.78, 5) is 2.30. The molecule has 0 saturated carbocycles. The van der Waals surface area contributed by atoms with Crippen molar-refractivity contribution >= 4 is 18.0 Å². The Kier molecular flexibility index (Phi) is 2.74. The van der Waals surface area contributed by atoms with E-state index in [0.29, 0.717) is 6.71 Å². The molecule has 1 aromatic carbocycles. The lowest BCUT2D eigenvalue weighted by Crippen LogP contribution is -2.35. The SMILES string of the molecule is Cc1cccc(C)c1B1C=CN2C(=C1)C[n+]1ccccc12. The van der Waals surface area contributed by atoms with E-state index in [1.165, 1.54) is 28.1 Å². The van der Waals surface area contributed by atoms with E-state index in [2.05, 4.69) is 84.1 Å². The highest BCUT2D eigenvalue weighted by Crippen LogP contribution is 2.25. The van der Waals surface area contributed by atoms with Crippen molar-refractivity contribution in [2.75, 3.05) is 4.90 Å². The van der Waals surface area contributed by atoms with Gasteiger partial charge in [0.2, 0.25) is 6.71 Å². The van der Waals surface area contributed by atoms with Crippen LogP contribution in [0.15, 0.2) is 66.4 Å². The fourth-order valence-corrected chi connectivity index (χ4v) is 3.50. The summed E-state index contributed by atoms with van der Waals surface area (Å²) in [6, 6.07) is 12.9. The molecular weight excluding hydrogens is 255 g/mol. The molecule has 4 rings (SSSR count). The van der Waals surface area contributed by atoms with Gasteiger partial charge in [-0.2, -0.15) is 0 Å². The third kappa shape index (κ3) is 1.92. The average Bonchev–Trinajstić information content (AvgIpc) is 2.85. The second-order valence-corrected chi connectivity index (χ2v) is 5.89. The van der Waals surface area contributed by atoms with Gasteiger partial charge in [-0.05, 0) is 19.9 Å². The van der Waals surface area contributed by atoms with Crippen LogP contribution in [0.2, 0.25) is 0 Å². The van der Waals surface area contributed by atoms with Crippen LogP contribution in [-0.4, -0.2) is 6.71 Å². The molecule has 0 saturated heterocycles. The van der Waals surface area contributed by atoms with E-state index in [1.54, 1.807) is 0 Å². The number of rotatable bonds is 1. The van der Waals surface area contributed by atoms with Crippen molar-refractivity contribution < 1.29 is 4.57 Å². The van der Waals surface area contributed by atoms with Gasteiger partial charge in [-0.15, -0.1) is 0 Å². The largest absolute Gasteiger partial charge is 0.286 e. The first kappa shape index (κ1) is 12.5. The molecule has 2 aliphatic rings. The van der Waals surface area contributed by atoms with Gasteiger partial charge in [0.25, 0.3) is 5.82 Å². The van der Waals surface area contributed by atoms with Crippen molar-refractivity contribution in [1.29, 1.82) is 0 Å². The Hall–Kier alpha value is -2.29. The number of hydrogen-bond donors (Lipinski definition) is 0. The third-order valence-corrected chi connectivity index (χ3v) is 4.50. The standard InChI is InChI=1S/C18H18BN2/c1-14-6-5-7-15(2)18(14)19-9-11-21-16(12-19)13-20-10-4-3-8-17(20)21/h3-12H,13H2,1-2H3/q+1. The summed E-state index contributed by atoms with van der Waals surface area (Å²) in [6.07, 6.45) is 4.38. The van der Waals surface area contributed by atoms with E-state index in [0.717, 1.165) is 6.54 Å². The zero-order valence-corrected chi connectivity index (χ0v) is 12.5. The maximum Gasteiger partial charge on any atom is 0.286 e. The zero-order valence-electron chi connectivity index (χ0n) is 12.5. The molecule has 2 aromatic rings. The van der Waals surface area contributed by atoms with Crippen molar-refractivity contribution in [2.45, 2.75) is 20.4 Å². The lowest BCUT2D eigenvalue weighted by Gasteiger charge is -2.17. The number of pyridine rings is 1. The molecule has 0 N–H and O–H groups in total. The second-order valence-electron chi connectivity index (χ2n) is 5.89. The highest BCUT2D eigenvalue weighted by Gasteiger charge is 2.35. The van der Waals surface area contributed by atoms with Crippen LogP contribution in [0.4, 0.5) is 5.82 Å². The molecule has 0 atom stereocenters. The molecule has 0 bridgehead atoms. The quantitative estimate of drug-likeness (QED) is 0.571. The normalized spacial score (nSPS) is 15.8.